The van der Waals surface area contributed by atoms with Crippen molar-refractivity contribution in [3.05, 3.63) is 261 Å². The molecule has 0 spiro atoms. The van der Waals surface area contributed by atoms with Gasteiger partial charge in [0, 0.05) is 134 Å². The molecule has 32 nitrogen and oxygen atoms in total. The van der Waals surface area contributed by atoms with Crippen molar-refractivity contribution in [2.75, 3.05) is 49.3 Å². The number of phenolic OH excluding ortho intramolecular Hbond substituents is 2. The van der Waals surface area contributed by atoms with Gasteiger partial charge < -0.3 is 67.4 Å². The standard InChI is InChI=1S/C110H128N16O16P2S2/c127-95-57-55-91-97(129)73-99(79-39-19-17-20-40-79)141-109(91)89(95)53-51-83-77-121(117-113-83)65-33-11-5-1-3-7-13-35-67-125-107-85-45-25-23-43-81(85)75-123(93-49-29-27-47-87(93)105(107)115-119-125)103(133)61-59-101(131)111-63-31-9-15-37-69-137-143(135,145)139-71-72-140-144(136,146)138-70-38-16-10-32-64-112-102(132)60-62-104(134)124-76-82-44-24-26-46-86(82)108-106(88-48-28-30-50-94(88)124)116-120-126(108)68-36-14-8-4-2-6-12-34-66-122-78-84(114-118-122)52-54-90-96(128)58-56-92-98(130)74-100(142-110(90)92)80-41-21-18-22-42-80/h17-30,39-50,55-58,73-74,77-78,127-128H,1-16,31-38,51-54,59-72,75-76H2,(H,111,131)(H,112,132)(H,135,145)(H,136,146)/p-2. The maximum atomic E-state index is 14.3. The lowest BCUT2D eigenvalue weighted by molar-refractivity contribution is -0.213. The molecule has 0 bridgehead atoms. The van der Waals surface area contributed by atoms with Crippen LogP contribution in [-0.4, -0.2) is 133 Å². The quantitative estimate of drug-likeness (QED) is 0.0203. The van der Waals surface area contributed by atoms with E-state index in [1.807, 2.05) is 177 Å². The second kappa shape index (κ2) is 53.1. The van der Waals surface area contributed by atoms with Crippen LogP contribution in [0.5, 0.6) is 11.5 Å². The van der Waals surface area contributed by atoms with Gasteiger partial charge in [-0.25, -0.2) is 9.36 Å². The zero-order valence-corrected chi connectivity index (χ0v) is 85.7. The number of unbranched alkanes of at least 4 members (excludes halogenated alkanes) is 20. The van der Waals surface area contributed by atoms with Gasteiger partial charge in [0.15, 0.2) is 10.9 Å². The predicted molar refractivity (Wildman–Crippen MR) is 566 cm³/mol. The maximum Gasteiger partial charge on any atom is 0.227 e. The first kappa shape index (κ1) is 106. The molecule has 4 N–H and O–H groups in total. The number of phenols is 2. The Morgan fingerprint density at radius 2 is 0.726 bits per heavy atom. The van der Waals surface area contributed by atoms with Gasteiger partial charge in [-0.3, -0.25) is 38.1 Å². The van der Waals surface area contributed by atoms with Crippen molar-refractivity contribution in [2.24, 2.45) is 0 Å². The lowest BCUT2D eigenvalue weighted by atomic mass is 9.95. The van der Waals surface area contributed by atoms with Crippen LogP contribution in [0.3, 0.4) is 0 Å². The molecule has 36 heteroatoms. The van der Waals surface area contributed by atoms with E-state index in [9.17, 15) is 48.8 Å². The third kappa shape index (κ3) is 29.2. The summed E-state index contributed by atoms with van der Waals surface area (Å²) in [5.41, 5.74) is 14.8. The van der Waals surface area contributed by atoms with Gasteiger partial charge >= 0.3 is 0 Å². The van der Waals surface area contributed by atoms with Gasteiger partial charge in [0.05, 0.1) is 84.4 Å². The smallest absolute Gasteiger partial charge is 0.227 e. The summed E-state index contributed by atoms with van der Waals surface area (Å²) in [6, 6.07) is 59.8. The number of amides is 4. The third-order valence-electron chi connectivity index (χ3n) is 26.7. The number of anilines is 2. The van der Waals surface area contributed by atoms with E-state index in [0.29, 0.717) is 171 Å². The molecule has 2 unspecified atom stereocenters. The number of para-hydroxylation sites is 2. The largest absolute Gasteiger partial charge is 0.780 e. The minimum Gasteiger partial charge on any atom is -0.780 e. The molecule has 0 saturated heterocycles. The molecule has 0 saturated carbocycles. The Balaban J connectivity index is 0.370. The first-order valence-corrected chi connectivity index (χ1v) is 56.4. The highest BCUT2D eigenvalue weighted by molar-refractivity contribution is 8.06. The number of aromatic hydroxyl groups is 2. The van der Waals surface area contributed by atoms with Crippen LogP contribution in [0.25, 0.3) is 89.6 Å². The summed E-state index contributed by atoms with van der Waals surface area (Å²) < 4.78 is 41.6. The summed E-state index contributed by atoms with van der Waals surface area (Å²) in [6.45, 7) is -3.86. The summed E-state index contributed by atoms with van der Waals surface area (Å²) in [5, 5.41) is 65.0. The van der Waals surface area contributed by atoms with Crippen molar-refractivity contribution in [2.45, 2.75) is 245 Å². The zero-order valence-electron chi connectivity index (χ0n) is 82.3. The lowest BCUT2D eigenvalue weighted by Gasteiger charge is -2.30. The summed E-state index contributed by atoms with van der Waals surface area (Å²) in [7, 11) is 0. The molecule has 4 amide bonds. The van der Waals surface area contributed by atoms with Gasteiger partial charge in [0.1, 0.15) is 59.0 Å². The molecule has 14 aromatic rings. The highest BCUT2D eigenvalue weighted by atomic mass is 32.5. The van der Waals surface area contributed by atoms with Crippen molar-refractivity contribution < 1.29 is 66.1 Å². The van der Waals surface area contributed by atoms with Crippen LogP contribution in [0.1, 0.15) is 213 Å². The fourth-order valence-corrected chi connectivity index (χ4v) is 21.3. The molecule has 0 aliphatic carbocycles. The van der Waals surface area contributed by atoms with Crippen molar-refractivity contribution in [1.29, 1.82) is 0 Å². The Labute approximate surface area is 859 Å². The first-order valence-electron chi connectivity index (χ1n) is 51.3. The van der Waals surface area contributed by atoms with E-state index in [1.165, 1.54) is 12.1 Å². The van der Waals surface area contributed by atoms with Gasteiger partial charge in [-0.05, 0) is 125 Å². The van der Waals surface area contributed by atoms with Crippen LogP contribution in [0.2, 0.25) is 0 Å². The maximum absolute atomic E-state index is 14.3. The van der Waals surface area contributed by atoms with Crippen molar-refractivity contribution in [3.8, 4) is 79.2 Å². The van der Waals surface area contributed by atoms with E-state index in [2.05, 4.69) is 43.4 Å². The average molecular weight is 2050 g/mol. The van der Waals surface area contributed by atoms with E-state index in [4.69, 9.17) is 71.2 Å². The number of carbonyl (C=O) groups is 4. The number of nitrogens with one attached hydrogen (secondary N) is 2. The van der Waals surface area contributed by atoms with Crippen LogP contribution >= 0.6 is 13.4 Å². The summed E-state index contributed by atoms with van der Waals surface area (Å²) in [5.74, 6) is 0.211. The Bertz CT molecular complexity index is 6580. The Morgan fingerprint density at radius 3 is 1.14 bits per heavy atom. The molecular formula is C110H126N16O16P2S2-2. The van der Waals surface area contributed by atoms with Crippen LogP contribution in [0.15, 0.2) is 225 Å². The average Bonchev–Trinajstić information content (AvgIpc) is 1.57. The minimum absolute atomic E-state index is 0.000445. The number of benzene rings is 8. The normalized spacial score (nSPS) is 13.1. The molecule has 8 heterocycles. The highest BCUT2D eigenvalue weighted by Crippen LogP contribution is 2.46. The second-order valence-electron chi connectivity index (χ2n) is 37.2. The summed E-state index contributed by atoms with van der Waals surface area (Å²) in [6.07, 6.45) is 28.2. The SMILES string of the molecule is O=C(CCC(=O)N1Cc2ccccc2-c2c(nnn2CCCCCCCCCCn2cc(CCc3c(O)ccc4c(=O)cc(-c5ccccc5)oc34)nn2)-c2ccccc21)NCCCCCCOP([O-])(=S)OCCOP([O-])(=S)OCCCCCCNC(=O)CCC(=O)N1Cc2ccccc2-c2c(nnn2CCCCCCCCCCn2cc(CCc3c(O)ccc4c(=O)cc(-c5ccccc5)oc34)nn2)-c2ccccc21. The molecule has 766 valence electrons. The number of hydrogen-bond acceptors (Lipinski definition) is 26. The Hall–Kier alpha value is -12.7. The van der Waals surface area contributed by atoms with Crippen molar-refractivity contribution in [3.63, 3.8) is 0 Å². The summed E-state index contributed by atoms with van der Waals surface area (Å²) in [4.78, 5) is 110. The van der Waals surface area contributed by atoms with Crippen molar-refractivity contribution >= 4 is 94.0 Å². The monoisotopic (exact) mass is 2050 g/mol. The topological polar surface area (TPSA) is 406 Å². The molecular weight excluding hydrogens is 1930 g/mol. The van der Waals surface area contributed by atoms with Crippen LogP contribution in [0, 0.1) is 0 Å². The Morgan fingerprint density at radius 1 is 0.377 bits per heavy atom. The van der Waals surface area contributed by atoms with E-state index in [-0.39, 0.29) is 98.1 Å². The number of nitrogens with zero attached hydrogens (tertiary/aromatic N) is 14. The molecule has 6 aromatic heterocycles. The van der Waals surface area contributed by atoms with Crippen LogP contribution < -0.4 is 41.1 Å². The second-order valence-corrected chi connectivity index (χ2v) is 42.8. The van der Waals surface area contributed by atoms with E-state index in [1.54, 1.807) is 34.1 Å². The molecule has 2 atom stereocenters. The zero-order chi connectivity index (χ0) is 101. The number of aromatic nitrogens is 12. The fraction of sp³-hybridized carbons (Fsp3) is 0.400. The number of carbonyl (C=O) groups excluding carboxylic acids is 4. The van der Waals surface area contributed by atoms with Crippen LogP contribution in [0.4, 0.5) is 11.4 Å². The minimum atomic E-state index is -3.89. The molecule has 16 rings (SSSR count). The van der Waals surface area contributed by atoms with Gasteiger partial charge in [-0.1, -0.05) is 293 Å². The molecule has 0 radical (unpaired) electrons. The van der Waals surface area contributed by atoms with Gasteiger partial charge in [-0.2, -0.15) is 0 Å². The molecule has 2 aliphatic rings. The molecule has 0 fully saturated rings. The number of aryl methyl sites for hydroxylation is 8. The van der Waals surface area contributed by atoms with Crippen LogP contribution in [-0.2, 0) is 126 Å². The van der Waals surface area contributed by atoms with E-state index in [0.717, 1.165) is 196 Å². The molecule has 8 aromatic carbocycles. The van der Waals surface area contributed by atoms with Crippen molar-refractivity contribution in [1.82, 2.24) is 70.6 Å². The first-order chi connectivity index (χ1) is 71.2. The van der Waals surface area contributed by atoms with Gasteiger partial charge in [-0.15, -0.1) is 20.4 Å². The number of rotatable bonds is 57. The summed E-state index contributed by atoms with van der Waals surface area (Å²) >= 11 is 10.2. The third-order valence-corrected chi connectivity index (χ3v) is 29.9. The number of fused-ring (bicyclic) bond motifs is 12. The molecule has 146 heavy (non-hydrogen) atoms. The number of hydrogen-bond donors (Lipinski definition) is 4. The van der Waals surface area contributed by atoms with E-state index < -0.39 is 13.4 Å². The van der Waals surface area contributed by atoms with Gasteiger partial charge in [0.2, 0.25) is 23.6 Å². The highest BCUT2D eigenvalue weighted by Gasteiger charge is 2.33. The van der Waals surface area contributed by atoms with E-state index >= 15 is 0 Å². The molecule has 2 aliphatic heterocycles. The lowest BCUT2D eigenvalue weighted by Crippen LogP contribution is -2.33. The van der Waals surface area contributed by atoms with Gasteiger partial charge in [0.25, 0.3) is 0 Å². The Kier molecular flexibility index (Phi) is 38.5. The predicted octanol–water partition coefficient (Wildman–Crippen LogP) is 19.4. The fourth-order valence-electron chi connectivity index (χ4n) is 18.9.